The molecular formula is C20H30N2O3. The number of amides is 1. The lowest BCUT2D eigenvalue weighted by Crippen LogP contribution is -2.49. The standard InChI is InChI=1S/C20H30N2O3/c1-4-7-18(20(24)25)21-14(3)19(23)22-13(2)16-11-10-15-8-5-6-9-17(15)12-16/h10-14,18,21H,4-9H2,1-3H3,(H,22,23)(H,24,25). The first-order chi connectivity index (χ1) is 11.9. The summed E-state index contributed by atoms with van der Waals surface area (Å²) >= 11 is 0. The van der Waals surface area contributed by atoms with Crippen LogP contribution < -0.4 is 10.6 Å². The van der Waals surface area contributed by atoms with E-state index in [9.17, 15) is 14.7 Å². The Balaban J connectivity index is 1.95. The highest BCUT2D eigenvalue weighted by molar-refractivity contribution is 5.83. The van der Waals surface area contributed by atoms with Crippen LogP contribution in [0.5, 0.6) is 0 Å². The van der Waals surface area contributed by atoms with Crippen LogP contribution in [-0.2, 0) is 22.4 Å². The lowest BCUT2D eigenvalue weighted by Gasteiger charge is -2.23. The van der Waals surface area contributed by atoms with E-state index in [0.717, 1.165) is 24.8 Å². The molecule has 0 bridgehead atoms. The number of nitrogens with one attached hydrogen (secondary N) is 2. The van der Waals surface area contributed by atoms with Crippen molar-refractivity contribution in [3.63, 3.8) is 0 Å². The molecule has 3 N–H and O–H groups in total. The SMILES string of the molecule is CCCC(NC(C)C(=O)NC(C)c1ccc2c(c1)CCCC2)C(=O)O. The van der Waals surface area contributed by atoms with E-state index < -0.39 is 18.1 Å². The second kappa shape index (κ2) is 8.99. The van der Waals surface area contributed by atoms with Gasteiger partial charge >= 0.3 is 5.97 Å². The summed E-state index contributed by atoms with van der Waals surface area (Å²) in [7, 11) is 0. The highest BCUT2D eigenvalue weighted by Crippen LogP contribution is 2.24. The van der Waals surface area contributed by atoms with Gasteiger partial charge in [-0.15, -0.1) is 0 Å². The molecule has 0 saturated heterocycles. The highest BCUT2D eigenvalue weighted by Gasteiger charge is 2.23. The van der Waals surface area contributed by atoms with E-state index in [2.05, 4.69) is 28.8 Å². The highest BCUT2D eigenvalue weighted by atomic mass is 16.4. The van der Waals surface area contributed by atoms with Gasteiger partial charge in [0, 0.05) is 0 Å². The van der Waals surface area contributed by atoms with Gasteiger partial charge in [-0.25, -0.2) is 0 Å². The third kappa shape index (κ3) is 5.30. The van der Waals surface area contributed by atoms with Gasteiger partial charge in [-0.2, -0.15) is 0 Å². The van der Waals surface area contributed by atoms with Gasteiger partial charge in [0.05, 0.1) is 12.1 Å². The number of hydrogen-bond acceptors (Lipinski definition) is 3. The maximum atomic E-state index is 12.4. The summed E-state index contributed by atoms with van der Waals surface area (Å²) in [6.45, 7) is 5.61. The fourth-order valence-corrected chi connectivity index (χ4v) is 3.39. The summed E-state index contributed by atoms with van der Waals surface area (Å²) in [5.74, 6) is -1.09. The predicted molar refractivity (Wildman–Crippen MR) is 98.6 cm³/mol. The lowest BCUT2D eigenvalue weighted by molar-refractivity contribution is -0.140. The van der Waals surface area contributed by atoms with E-state index in [0.29, 0.717) is 6.42 Å². The van der Waals surface area contributed by atoms with E-state index >= 15 is 0 Å². The second-order valence-electron chi connectivity index (χ2n) is 7.03. The molecule has 1 aromatic rings. The summed E-state index contributed by atoms with van der Waals surface area (Å²) in [6.07, 6.45) is 6.00. The molecule has 2 rings (SSSR count). The topological polar surface area (TPSA) is 78.4 Å². The maximum absolute atomic E-state index is 12.4. The summed E-state index contributed by atoms with van der Waals surface area (Å²) < 4.78 is 0. The first-order valence-electron chi connectivity index (χ1n) is 9.33. The van der Waals surface area contributed by atoms with Crippen molar-refractivity contribution in [2.75, 3.05) is 0 Å². The van der Waals surface area contributed by atoms with Crippen molar-refractivity contribution < 1.29 is 14.7 Å². The summed E-state index contributed by atoms with van der Waals surface area (Å²) in [5.41, 5.74) is 3.92. The number of carboxylic acid groups (broad SMARTS) is 1. The number of aliphatic carboxylic acids is 1. The quantitative estimate of drug-likeness (QED) is 0.676. The number of aryl methyl sites for hydroxylation is 2. The average Bonchev–Trinajstić information content (AvgIpc) is 2.60. The Bertz CT molecular complexity index is 615. The van der Waals surface area contributed by atoms with Crippen molar-refractivity contribution in [2.45, 2.75) is 77.4 Å². The number of fused-ring (bicyclic) bond motifs is 1. The molecule has 5 heteroatoms. The number of carbonyl (C=O) groups is 2. The molecule has 138 valence electrons. The molecule has 25 heavy (non-hydrogen) atoms. The number of carboxylic acids is 1. The molecule has 0 heterocycles. The van der Waals surface area contributed by atoms with Gasteiger partial charge in [0.25, 0.3) is 0 Å². The van der Waals surface area contributed by atoms with Crippen LogP contribution in [0.15, 0.2) is 18.2 Å². The molecule has 1 aliphatic carbocycles. The summed E-state index contributed by atoms with van der Waals surface area (Å²) in [6, 6.07) is 5.13. The minimum absolute atomic E-state index is 0.0987. The van der Waals surface area contributed by atoms with Gasteiger partial charge in [0.15, 0.2) is 0 Å². The molecule has 3 unspecified atom stereocenters. The van der Waals surface area contributed by atoms with Crippen LogP contribution in [0.4, 0.5) is 0 Å². The van der Waals surface area contributed by atoms with E-state index in [4.69, 9.17) is 0 Å². The molecule has 0 aliphatic heterocycles. The molecule has 1 aliphatic rings. The molecule has 3 atom stereocenters. The first kappa shape index (κ1) is 19.4. The predicted octanol–water partition coefficient (Wildman–Crippen LogP) is 2.97. The summed E-state index contributed by atoms with van der Waals surface area (Å²) in [5, 5.41) is 15.1. The second-order valence-corrected chi connectivity index (χ2v) is 7.03. The van der Waals surface area contributed by atoms with Crippen LogP contribution >= 0.6 is 0 Å². The molecule has 0 saturated carbocycles. The molecule has 5 nitrogen and oxygen atoms in total. The van der Waals surface area contributed by atoms with Crippen LogP contribution in [0, 0.1) is 0 Å². The zero-order chi connectivity index (χ0) is 18.4. The Hall–Kier alpha value is -1.88. The molecule has 1 amide bonds. The molecule has 0 fully saturated rings. The maximum Gasteiger partial charge on any atom is 0.320 e. The molecule has 0 spiro atoms. The smallest absolute Gasteiger partial charge is 0.320 e. The van der Waals surface area contributed by atoms with Gasteiger partial charge in [0.2, 0.25) is 5.91 Å². The zero-order valence-corrected chi connectivity index (χ0v) is 15.5. The molecule has 1 aromatic carbocycles. The van der Waals surface area contributed by atoms with Crippen LogP contribution in [0.2, 0.25) is 0 Å². The third-order valence-corrected chi connectivity index (χ3v) is 4.95. The van der Waals surface area contributed by atoms with Crippen molar-refractivity contribution in [3.05, 3.63) is 34.9 Å². The van der Waals surface area contributed by atoms with Crippen molar-refractivity contribution in [2.24, 2.45) is 0 Å². The van der Waals surface area contributed by atoms with E-state index in [1.807, 2.05) is 13.8 Å². The van der Waals surface area contributed by atoms with Crippen LogP contribution in [0.1, 0.15) is 69.2 Å². The van der Waals surface area contributed by atoms with Crippen molar-refractivity contribution in [1.29, 1.82) is 0 Å². The van der Waals surface area contributed by atoms with Crippen LogP contribution in [-0.4, -0.2) is 29.1 Å². The van der Waals surface area contributed by atoms with E-state index in [-0.39, 0.29) is 11.9 Å². The Kier molecular flexibility index (Phi) is 7.00. The largest absolute Gasteiger partial charge is 0.480 e. The minimum Gasteiger partial charge on any atom is -0.480 e. The lowest BCUT2D eigenvalue weighted by atomic mass is 9.89. The van der Waals surface area contributed by atoms with Crippen molar-refractivity contribution in [1.82, 2.24) is 10.6 Å². The van der Waals surface area contributed by atoms with Gasteiger partial charge < -0.3 is 10.4 Å². The Morgan fingerprint density at radius 1 is 1.16 bits per heavy atom. The van der Waals surface area contributed by atoms with E-state index in [1.54, 1.807) is 6.92 Å². The van der Waals surface area contributed by atoms with Gasteiger partial charge in [-0.05, 0) is 62.6 Å². The number of rotatable bonds is 8. The van der Waals surface area contributed by atoms with Crippen LogP contribution in [0.3, 0.4) is 0 Å². The summed E-state index contributed by atoms with van der Waals surface area (Å²) in [4.78, 5) is 23.6. The van der Waals surface area contributed by atoms with Gasteiger partial charge in [-0.1, -0.05) is 31.5 Å². The monoisotopic (exact) mass is 346 g/mol. The van der Waals surface area contributed by atoms with Crippen LogP contribution in [0.25, 0.3) is 0 Å². The Labute approximate surface area is 150 Å². The number of benzene rings is 1. The normalized spacial score (nSPS) is 17.2. The fourth-order valence-electron chi connectivity index (χ4n) is 3.39. The fraction of sp³-hybridized carbons (Fsp3) is 0.600. The molecule has 0 aromatic heterocycles. The van der Waals surface area contributed by atoms with Crippen molar-refractivity contribution >= 4 is 11.9 Å². The van der Waals surface area contributed by atoms with E-state index in [1.165, 1.54) is 24.0 Å². The molecular weight excluding hydrogens is 316 g/mol. The van der Waals surface area contributed by atoms with Gasteiger partial charge in [-0.3, -0.25) is 14.9 Å². The Morgan fingerprint density at radius 3 is 2.48 bits per heavy atom. The Morgan fingerprint density at radius 2 is 1.84 bits per heavy atom. The third-order valence-electron chi connectivity index (χ3n) is 4.95. The first-order valence-corrected chi connectivity index (χ1v) is 9.33. The number of carbonyl (C=O) groups excluding carboxylic acids is 1. The minimum atomic E-state index is -0.913. The number of hydrogen-bond donors (Lipinski definition) is 3. The average molecular weight is 346 g/mol. The zero-order valence-electron chi connectivity index (χ0n) is 15.5. The van der Waals surface area contributed by atoms with Crippen molar-refractivity contribution in [3.8, 4) is 0 Å². The van der Waals surface area contributed by atoms with Gasteiger partial charge in [0.1, 0.15) is 6.04 Å². The molecule has 0 radical (unpaired) electrons.